The maximum absolute atomic E-state index is 11.9. The molecule has 3 nitrogen and oxygen atoms in total. The van der Waals surface area contributed by atoms with Gasteiger partial charge in [0.25, 0.3) is 0 Å². The molecule has 0 saturated carbocycles. The lowest BCUT2D eigenvalue weighted by Gasteiger charge is -2.09. The fourth-order valence-corrected chi connectivity index (χ4v) is 1.84. The number of H-pyrrole nitrogens is 1. The number of rotatable bonds is 1. The number of hydrogen-bond donors (Lipinski definition) is 1. The van der Waals surface area contributed by atoms with Crippen LogP contribution in [0.5, 0.6) is 0 Å². The average molecular weight is 212 g/mol. The van der Waals surface area contributed by atoms with Crippen molar-refractivity contribution in [2.45, 2.75) is 19.8 Å². The molecule has 0 saturated heterocycles. The summed E-state index contributed by atoms with van der Waals surface area (Å²) >= 11 is 0. The van der Waals surface area contributed by atoms with Crippen LogP contribution in [-0.2, 0) is 0 Å². The van der Waals surface area contributed by atoms with Crippen LogP contribution in [0.2, 0.25) is 0 Å². The van der Waals surface area contributed by atoms with Crippen LogP contribution in [0, 0.1) is 11.3 Å². The minimum absolute atomic E-state index is 0.161. The fourth-order valence-electron chi connectivity index (χ4n) is 1.84. The third kappa shape index (κ3) is 1.49. The largest absolute Gasteiger partial charge is 0.359 e. The Morgan fingerprint density at radius 2 is 2.12 bits per heavy atom. The maximum atomic E-state index is 11.9. The lowest BCUT2D eigenvalue weighted by molar-refractivity contribution is 0.872. The van der Waals surface area contributed by atoms with E-state index in [0.29, 0.717) is 11.3 Å². The number of benzene rings is 1. The summed E-state index contributed by atoms with van der Waals surface area (Å²) in [7, 11) is 0. The predicted octanol–water partition coefficient (Wildman–Crippen LogP) is 2.52. The van der Waals surface area contributed by atoms with Crippen LogP contribution in [-0.4, -0.2) is 4.98 Å². The van der Waals surface area contributed by atoms with Crippen molar-refractivity contribution in [1.82, 2.24) is 4.98 Å². The smallest absolute Gasteiger partial charge is 0.207 e. The Bertz CT molecular complexity index is 632. The quantitative estimate of drug-likeness (QED) is 0.789. The second-order valence-electron chi connectivity index (χ2n) is 4.07. The van der Waals surface area contributed by atoms with E-state index in [1.54, 1.807) is 6.07 Å². The van der Waals surface area contributed by atoms with Gasteiger partial charge in [-0.1, -0.05) is 26.0 Å². The molecular formula is C13H12N2O. The number of hydrogen-bond acceptors (Lipinski definition) is 2. The summed E-state index contributed by atoms with van der Waals surface area (Å²) in [5.74, 6) is 0.340. The van der Waals surface area contributed by atoms with Crippen LogP contribution in [0.3, 0.4) is 0 Å². The first-order valence-corrected chi connectivity index (χ1v) is 5.19. The average Bonchev–Trinajstić information content (AvgIpc) is 2.29. The van der Waals surface area contributed by atoms with E-state index < -0.39 is 0 Å². The van der Waals surface area contributed by atoms with Gasteiger partial charge in [0.1, 0.15) is 11.6 Å². The van der Waals surface area contributed by atoms with E-state index >= 15 is 0 Å². The summed E-state index contributed by atoms with van der Waals surface area (Å²) in [5, 5.41) is 9.37. The van der Waals surface area contributed by atoms with Crippen molar-refractivity contribution < 1.29 is 0 Å². The van der Waals surface area contributed by atoms with Crippen LogP contribution >= 0.6 is 0 Å². The van der Waals surface area contributed by atoms with Gasteiger partial charge in [0.05, 0.1) is 5.52 Å². The van der Waals surface area contributed by atoms with E-state index in [1.165, 1.54) is 6.20 Å². The molecule has 0 amide bonds. The Morgan fingerprint density at radius 3 is 2.75 bits per heavy atom. The van der Waals surface area contributed by atoms with Crippen LogP contribution in [0.25, 0.3) is 10.9 Å². The number of nitriles is 1. The molecule has 0 atom stereocenters. The SMILES string of the molecule is CC(C)c1cccc2c(=O)c(C#N)c[nH]c12. The van der Waals surface area contributed by atoms with Crippen molar-refractivity contribution in [3.05, 3.63) is 45.7 Å². The third-order valence-corrected chi connectivity index (χ3v) is 2.69. The van der Waals surface area contributed by atoms with Crippen molar-refractivity contribution in [3.8, 4) is 6.07 Å². The zero-order valence-electron chi connectivity index (χ0n) is 9.24. The lowest BCUT2D eigenvalue weighted by Crippen LogP contribution is -2.08. The summed E-state index contributed by atoms with van der Waals surface area (Å²) in [4.78, 5) is 14.9. The first-order valence-electron chi connectivity index (χ1n) is 5.19. The summed E-state index contributed by atoms with van der Waals surface area (Å²) in [5.41, 5.74) is 1.90. The maximum Gasteiger partial charge on any atom is 0.207 e. The Kier molecular flexibility index (Phi) is 2.49. The van der Waals surface area contributed by atoms with Gasteiger partial charge in [-0.05, 0) is 17.5 Å². The summed E-state index contributed by atoms with van der Waals surface area (Å²) in [6, 6.07) is 7.49. The van der Waals surface area contributed by atoms with Crippen LogP contribution in [0.15, 0.2) is 29.2 Å². The highest BCUT2D eigenvalue weighted by Crippen LogP contribution is 2.21. The van der Waals surface area contributed by atoms with Gasteiger partial charge in [0, 0.05) is 11.6 Å². The molecule has 1 aromatic heterocycles. The molecular weight excluding hydrogens is 200 g/mol. The number of fused-ring (bicyclic) bond motifs is 1. The molecule has 0 bridgehead atoms. The molecule has 0 fully saturated rings. The van der Waals surface area contributed by atoms with Crippen molar-refractivity contribution in [2.24, 2.45) is 0 Å². The molecule has 0 spiro atoms. The van der Waals surface area contributed by atoms with E-state index in [0.717, 1.165) is 11.1 Å². The van der Waals surface area contributed by atoms with Crippen molar-refractivity contribution in [1.29, 1.82) is 5.26 Å². The van der Waals surface area contributed by atoms with Gasteiger partial charge in [-0.3, -0.25) is 4.79 Å². The van der Waals surface area contributed by atoms with Crippen molar-refractivity contribution >= 4 is 10.9 Å². The number of aromatic nitrogens is 1. The zero-order valence-corrected chi connectivity index (χ0v) is 9.24. The molecule has 0 aliphatic rings. The monoisotopic (exact) mass is 212 g/mol. The minimum atomic E-state index is -0.196. The number of aromatic amines is 1. The number of pyridine rings is 1. The normalized spacial score (nSPS) is 10.6. The van der Waals surface area contributed by atoms with Crippen molar-refractivity contribution in [2.75, 3.05) is 0 Å². The molecule has 80 valence electrons. The topological polar surface area (TPSA) is 56.6 Å². The molecule has 0 aliphatic heterocycles. The highest BCUT2D eigenvalue weighted by Gasteiger charge is 2.09. The predicted molar refractivity (Wildman–Crippen MR) is 63.4 cm³/mol. The Morgan fingerprint density at radius 1 is 1.38 bits per heavy atom. The van der Waals surface area contributed by atoms with E-state index in [1.807, 2.05) is 18.2 Å². The molecule has 16 heavy (non-hydrogen) atoms. The number of nitrogens with zero attached hydrogens (tertiary/aromatic N) is 1. The standard InChI is InChI=1S/C13H12N2O/c1-8(2)10-4-3-5-11-12(10)15-7-9(6-14)13(11)16/h3-5,7-8H,1-2H3,(H,15,16). The van der Waals surface area contributed by atoms with Crippen LogP contribution < -0.4 is 5.43 Å². The van der Waals surface area contributed by atoms with Gasteiger partial charge in [0.2, 0.25) is 5.43 Å². The van der Waals surface area contributed by atoms with Gasteiger partial charge < -0.3 is 4.98 Å². The molecule has 1 aromatic carbocycles. The molecule has 0 radical (unpaired) electrons. The second kappa shape index (κ2) is 3.82. The lowest BCUT2D eigenvalue weighted by atomic mass is 9.99. The molecule has 2 rings (SSSR count). The molecule has 0 aliphatic carbocycles. The van der Waals surface area contributed by atoms with Crippen LogP contribution in [0.4, 0.5) is 0 Å². The Balaban J connectivity index is 2.90. The van der Waals surface area contributed by atoms with E-state index in [2.05, 4.69) is 18.8 Å². The second-order valence-corrected chi connectivity index (χ2v) is 4.07. The first kappa shape index (κ1) is 10.4. The highest BCUT2D eigenvalue weighted by molar-refractivity contribution is 5.83. The molecule has 1 heterocycles. The number of para-hydroxylation sites is 1. The Labute approximate surface area is 93.3 Å². The minimum Gasteiger partial charge on any atom is -0.359 e. The van der Waals surface area contributed by atoms with Gasteiger partial charge in [-0.15, -0.1) is 0 Å². The summed E-state index contributed by atoms with van der Waals surface area (Å²) in [6.07, 6.45) is 1.48. The van der Waals surface area contributed by atoms with Gasteiger partial charge >= 0.3 is 0 Å². The Hall–Kier alpha value is -2.08. The van der Waals surface area contributed by atoms with Gasteiger partial charge in [-0.25, -0.2) is 0 Å². The first-order chi connectivity index (χ1) is 7.65. The third-order valence-electron chi connectivity index (χ3n) is 2.69. The van der Waals surface area contributed by atoms with Gasteiger partial charge in [0.15, 0.2) is 0 Å². The van der Waals surface area contributed by atoms with E-state index in [-0.39, 0.29) is 11.0 Å². The van der Waals surface area contributed by atoms with Gasteiger partial charge in [-0.2, -0.15) is 5.26 Å². The summed E-state index contributed by atoms with van der Waals surface area (Å²) in [6.45, 7) is 4.15. The number of nitrogens with one attached hydrogen (secondary N) is 1. The van der Waals surface area contributed by atoms with E-state index in [4.69, 9.17) is 5.26 Å². The molecule has 1 N–H and O–H groups in total. The molecule has 2 aromatic rings. The molecule has 3 heteroatoms. The zero-order chi connectivity index (χ0) is 11.7. The van der Waals surface area contributed by atoms with E-state index in [9.17, 15) is 4.79 Å². The summed E-state index contributed by atoms with van der Waals surface area (Å²) < 4.78 is 0. The molecule has 0 unspecified atom stereocenters. The fraction of sp³-hybridized carbons (Fsp3) is 0.231. The van der Waals surface area contributed by atoms with Crippen molar-refractivity contribution in [3.63, 3.8) is 0 Å². The highest BCUT2D eigenvalue weighted by atomic mass is 16.1. The van der Waals surface area contributed by atoms with Crippen LogP contribution in [0.1, 0.15) is 30.9 Å².